The SMILES string of the molecule is C#CCC(CC)c1cc(C)cc(C(C)(C)C)c1OCC. The fourth-order valence-electron chi connectivity index (χ4n) is 2.58. The first-order valence-electron chi connectivity index (χ1n) is 7.56. The van der Waals surface area contributed by atoms with Crippen molar-refractivity contribution in [1.82, 2.24) is 0 Å². The van der Waals surface area contributed by atoms with E-state index in [2.05, 4.69) is 52.7 Å². The number of aryl methyl sites for hydroxylation is 1. The second-order valence-electron chi connectivity index (χ2n) is 6.43. The van der Waals surface area contributed by atoms with Gasteiger partial charge in [0.25, 0.3) is 0 Å². The van der Waals surface area contributed by atoms with Gasteiger partial charge >= 0.3 is 0 Å². The Morgan fingerprint density at radius 3 is 2.35 bits per heavy atom. The highest BCUT2D eigenvalue weighted by molar-refractivity contribution is 5.49. The highest BCUT2D eigenvalue weighted by atomic mass is 16.5. The van der Waals surface area contributed by atoms with Crippen LogP contribution in [0.15, 0.2) is 12.1 Å². The van der Waals surface area contributed by atoms with E-state index in [1.807, 2.05) is 6.92 Å². The molecule has 1 atom stereocenters. The third-order valence-corrected chi connectivity index (χ3v) is 3.66. The van der Waals surface area contributed by atoms with Crippen molar-refractivity contribution in [3.8, 4) is 18.1 Å². The minimum absolute atomic E-state index is 0.0692. The lowest BCUT2D eigenvalue weighted by Crippen LogP contribution is -2.16. The van der Waals surface area contributed by atoms with E-state index in [-0.39, 0.29) is 5.41 Å². The smallest absolute Gasteiger partial charge is 0.126 e. The van der Waals surface area contributed by atoms with Gasteiger partial charge in [-0.2, -0.15) is 0 Å². The summed E-state index contributed by atoms with van der Waals surface area (Å²) in [5, 5.41) is 0. The minimum atomic E-state index is 0.0692. The van der Waals surface area contributed by atoms with Crippen LogP contribution in [-0.4, -0.2) is 6.61 Å². The molecule has 0 saturated carbocycles. The fourth-order valence-corrected chi connectivity index (χ4v) is 2.58. The lowest BCUT2D eigenvalue weighted by atomic mass is 9.81. The van der Waals surface area contributed by atoms with Crippen molar-refractivity contribution in [1.29, 1.82) is 0 Å². The molecule has 0 fully saturated rings. The lowest BCUT2D eigenvalue weighted by Gasteiger charge is -2.27. The Hall–Kier alpha value is -1.42. The van der Waals surface area contributed by atoms with E-state index in [4.69, 9.17) is 11.2 Å². The summed E-state index contributed by atoms with van der Waals surface area (Å²) >= 11 is 0. The molecule has 0 aromatic heterocycles. The van der Waals surface area contributed by atoms with Crippen LogP contribution in [0.4, 0.5) is 0 Å². The molecule has 0 amide bonds. The van der Waals surface area contributed by atoms with Crippen LogP contribution in [0.5, 0.6) is 5.75 Å². The maximum absolute atomic E-state index is 6.01. The molecule has 0 radical (unpaired) electrons. The number of hydrogen-bond acceptors (Lipinski definition) is 1. The maximum atomic E-state index is 6.01. The van der Waals surface area contributed by atoms with E-state index in [0.717, 1.165) is 18.6 Å². The van der Waals surface area contributed by atoms with Gasteiger partial charge in [0.05, 0.1) is 6.61 Å². The van der Waals surface area contributed by atoms with Crippen LogP contribution >= 0.6 is 0 Å². The van der Waals surface area contributed by atoms with E-state index in [9.17, 15) is 0 Å². The summed E-state index contributed by atoms with van der Waals surface area (Å²) in [6.07, 6.45) is 7.34. The average molecular weight is 272 g/mol. The van der Waals surface area contributed by atoms with Crippen LogP contribution < -0.4 is 4.74 Å². The number of terminal acetylenes is 1. The number of hydrogen-bond donors (Lipinski definition) is 0. The van der Waals surface area contributed by atoms with E-state index < -0.39 is 0 Å². The molecule has 0 aliphatic heterocycles. The van der Waals surface area contributed by atoms with Crippen molar-refractivity contribution in [2.75, 3.05) is 6.61 Å². The second-order valence-corrected chi connectivity index (χ2v) is 6.43. The zero-order valence-electron chi connectivity index (χ0n) is 13.8. The van der Waals surface area contributed by atoms with Crippen LogP contribution in [0.2, 0.25) is 0 Å². The molecule has 0 bridgehead atoms. The van der Waals surface area contributed by atoms with Crippen LogP contribution in [0.25, 0.3) is 0 Å². The molecule has 0 aliphatic rings. The molecule has 1 aromatic carbocycles. The standard InChI is InChI=1S/C19H28O/c1-8-11-15(9-2)16-12-14(4)13-17(19(5,6)7)18(16)20-10-3/h1,12-13,15H,9-11H2,2-7H3. The summed E-state index contributed by atoms with van der Waals surface area (Å²) < 4.78 is 6.01. The zero-order chi connectivity index (χ0) is 15.3. The largest absolute Gasteiger partial charge is 0.493 e. The molecule has 0 heterocycles. The third kappa shape index (κ3) is 3.79. The number of rotatable bonds is 5. The Balaban J connectivity index is 3.49. The first kappa shape index (κ1) is 16.6. The van der Waals surface area contributed by atoms with Gasteiger partial charge in [0.15, 0.2) is 0 Å². The summed E-state index contributed by atoms with van der Waals surface area (Å²) in [6, 6.07) is 4.49. The molecular weight excluding hydrogens is 244 g/mol. The molecule has 0 saturated heterocycles. The number of benzene rings is 1. The van der Waals surface area contributed by atoms with Gasteiger partial charge in [0.1, 0.15) is 5.75 Å². The molecule has 1 unspecified atom stereocenters. The molecule has 0 aliphatic carbocycles. The minimum Gasteiger partial charge on any atom is -0.493 e. The highest BCUT2D eigenvalue weighted by Gasteiger charge is 2.24. The molecule has 110 valence electrons. The summed E-state index contributed by atoms with van der Waals surface area (Å²) in [7, 11) is 0. The van der Waals surface area contributed by atoms with E-state index in [0.29, 0.717) is 12.5 Å². The first-order chi connectivity index (χ1) is 9.35. The summed E-state index contributed by atoms with van der Waals surface area (Å²) in [4.78, 5) is 0. The van der Waals surface area contributed by atoms with Gasteiger partial charge in [0.2, 0.25) is 0 Å². The quantitative estimate of drug-likeness (QED) is 0.669. The Labute approximate surface area is 124 Å². The molecule has 1 nitrogen and oxygen atoms in total. The van der Waals surface area contributed by atoms with Gasteiger partial charge < -0.3 is 4.74 Å². The van der Waals surface area contributed by atoms with Crippen LogP contribution in [-0.2, 0) is 5.41 Å². The van der Waals surface area contributed by atoms with Crippen molar-refractivity contribution >= 4 is 0 Å². The van der Waals surface area contributed by atoms with Gasteiger partial charge in [0, 0.05) is 12.0 Å². The summed E-state index contributed by atoms with van der Waals surface area (Å²) in [5.41, 5.74) is 3.91. The van der Waals surface area contributed by atoms with Crippen LogP contribution in [0.1, 0.15) is 70.1 Å². The molecule has 1 aromatic rings. The van der Waals surface area contributed by atoms with Crippen molar-refractivity contribution < 1.29 is 4.74 Å². The average Bonchev–Trinajstić information content (AvgIpc) is 2.36. The first-order valence-corrected chi connectivity index (χ1v) is 7.56. The predicted octanol–water partition coefficient (Wildman–Crippen LogP) is 5.21. The molecule has 0 spiro atoms. The number of ether oxygens (including phenoxy) is 1. The Bertz CT molecular complexity index is 486. The van der Waals surface area contributed by atoms with Gasteiger partial charge in [-0.05, 0) is 37.2 Å². The summed E-state index contributed by atoms with van der Waals surface area (Å²) in [5.74, 6) is 4.23. The molecule has 1 heteroatoms. The van der Waals surface area contributed by atoms with E-state index in [1.54, 1.807) is 0 Å². The van der Waals surface area contributed by atoms with Gasteiger partial charge in [-0.25, -0.2) is 0 Å². The molecule has 20 heavy (non-hydrogen) atoms. The van der Waals surface area contributed by atoms with Gasteiger partial charge in [-0.15, -0.1) is 12.3 Å². The maximum Gasteiger partial charge on any atom is 0.126 e. The Morgan fingerprint density at radius 2 is 1.90 bits per heavy atom. The second kappa shape index (κ2) is 6.84. The van der Waals surface area contributed by atoms with E-state index >= 15 is 0 Å². The van der Waals surface area contributed by atoms with Crippen LogP contribution in [0, 0.1) is 19.3 Å². The topological polar surface area (TPSA) is 9.23 Å². The highest BCUT2D eigenvalue weighted by Crippen LogP contribution is 2.40. The van der Waals surface area contributed by atoms with Crippen LogP contribution in [0.3, 0.4) is 0 Å². The van der Waals surface area contributed by atoms with E-state index in [1.165, 1.54) is 16.7 Å². The lowest BCUT2D eigenvalue weighted by molar-refractivity contribution is 0.323. The summed E-state index contributed by atoms with van der Waals surface area (Å²) in [6.45, 7) is 13.8. The zero-order valence-corrected chi connectivity index (χ0v) is 13.8. The molecular formula is C19H28O. The monoisotopic (exact) mass is 272 g/mol. The fraction of sp³-hybridized carbons (Fsp3) is 0.579. The van der Waals surface area contributed by atoms with Crippen molar-refractivity contribution in [2.24, 2.45) is 0 Å². The molecule has 1 rings (SSSR count). The van der Waals surface area contributed by atoms with Crippen molar-refractivity contribution in [2.45, 2.75) is 65.7 Å². The van der Waals surface area contributed by atoms with Crippen molar-refractivity contribution in [3.05, 3.63) is 28.8 Å². The van der Waals surface area contributed by atoms with Crippen molar-refractivity contribution in [3.63, 3.8) is 0 Å². The molecule has 0 N–H and O–H groups in total. The van der Waals surface area contributed by atoms with Gasteiger partial charge in [-0.1, -0.05) is 45.4 Å². The predicted molar refractivity (Wildman–Crippen MR) is 87.5 cm³/mol. The third-order valence-electron chi connectivity index (χ3n) is 3.66. The normalized spacial score (nSPS) is 12.8. The van der Waals surface area contributed by atoms with Gasteiger partial charge in [-0.3, -0.25) is 0 Å². The Kier molecular flexibility index (Phi) is 5.69. The Morgan fingerprint density at radius 1 is 1.25 bits per heavy atom.